The average Bonchev–Trinajstić information content (AvgIpc) is 2.57. The Kier molecular flexibility index (Phi) is 8.16. The number of rotatable bonds is 10. The summed E-state index contributed by atoms with van der Waals surface area (Å²) in [6, 6.07) is 17.3. The molecule has 2 aromatic carbocycles. The van der Waals surface area contributed by atoms with Crippen molar-refractivity contribution >= 4 is 24.0 Å². The van der Waals surface area contributed by atoms with E-state index in [9.17, 15) is 0 Å². The Labute approximate surface area is 160 Å². The molecule has 0 amide bonds. The normalized spacial score (nSPS) is 11.5. The molecule has 0 bridgehead atoms. The molecule has 0 fully saturated rings. The van der Waals surface area contributed by atoms with Gasteiger partial charge in [-0.1, -0.05) is 65.9 Å². The molecule has 0 radical (unpaired) electrons. The Hall–Kier alpha value is -1.14. The van der Waals surface area contributed by atoms with Gasteiger partial charge in [0, 0.05) is 24.7 Å². The highest BCUT2D eigenvalue weighted by Crippen LogP contribution is 2.25. The van der Waals surface area contributed by atoms with E-state index < -0.39 is 8.07 Å². The third-order valence-electron chi connectivity index (χ3n) is 3.68. The van der Waals surface area contributed by atoms with Crippen molar-refractivity contribution in [2.45, 2.75) is 38.9 Å². The molecule has 2 rings (SSSR count). The lowest BCUT2D eigenvalue weighted by Crippen LogP contribution is -2.22. The van der Waals surface area contributed by atoms with Gasteiger partial charge in [-0.25, -0.2) is 0 Å². The maximum absolute atomic E-state index is 5.96. The molecule has 2 aromatic rings. The lowest BCUT2D eigenvalue weighted by atomic mass is 10.2. The van der Waals surface area contributed by atoms with E-state index in [1.807, 2.05) is 36.4 Å². The Morgan fingerprint density at radius 3 is 2.40 bits per heavy atom. The van der Waals surface area contributed by atoms with Gasteiger partial charge in [-0.3, -0.25) is 0 Å². The number of benzene rings is 2. The fourth-order valence-corrected chi connectivity index (χ4v) is 3.35. The highest BCUT2D eigenvalue weighted by atomic mass is 79.9. The van der Waals surface area contributed by atoms with Crippen LogP contribution >= 0.6 is 15.9 Å². The zero-order valence-corrected chi connectivity index (χ0v) is 17.8. The van der Waals surface area contributed by atoms with Crippen LogP contribution in [0.5, 0.6) is 5.75 Å². The molecule has 0 spiro atoms. The van der Waals surface area contributed by atoms with E-state index in [4.69, 9.17) is 14.2 Å². The van der Waals surface area contributed by atoms with Crippen LogP contribution in [0.4, 0.5) is 0 Å². The highest BCUT2D eigenvalue weighted by molar-refractivity contribution is 9.10. The molecule has 0 saturated carbocycles. The highest BCUT2D eigenvalue weighted by Gasteiger charge is 2.12. The van der Waals surface area contributed by atoms with Crippen molar-refractivity contribution in [2.75, 3.05) is 13.4 Å². The van der Waals surface area contributed by atoms with Gasteiger partial charge in [0.1, 0.15) is 19.1 Å². The van der Waals surface area contributed by atoms with Crippen molar-refractivity contribution in [3.63, 3.8) is 0 Å². The lowest BCUT2D eigenvalue weighted by Gasteiger charge is -2.16. The second kappa shape index (κ2) is 10.1. The van der Waals surface area contributed by atoms with Crippen molar-refractivity contribution in [1.82, 2.24) is 0 Å². The molecule has 0 atom stereocenters. The van der Waals surface area contributed by atoms with Crippen LogP contribution in [-0.4, -0.2) is 21.5 Å². The first-order valence-electron chi connectivity index (χ1n) is 8.55. The molecule has 5 heteroatoms. The Bertz CT molecular complexity index is 641. The average molecular weight is 423 g/mol. The Balaban J connectivity index is 1.82. The number of ether oxygens (including phenoxy) is 3. The van der Waals surface area contributed by atoms with Gasteiger partial charge < -0.3 is 14.2 Å². The van der Waals surface area contributed by atoms with Crippen molar-refractivity contribution in [3.8, 4) is 5.75 Å². The SMILES string of the molecule is C[Si](C)(C)CCOCOCc1cc(Br)ccc1OCc1ccccc1. The van der Waals surface area contributed by atoms with Crippen LogP contribution in [0.2, 0.25) is 25.7 Å². The molecular formula is C20H27BrO3Si. The van der Waals surface area contributed by atoms with E-state index in [1.54, 1.807) is 0 Å². The van der Waals surface area contributed by atoms with E-state index >= 15 is 0 Å². The smallest absolute Gasteiger partial charge is 0.147 e. The Morgan fingerprint density at radius 1 is 0.920 bits per heavy atom. The molecule has 0 aliphatic rings. The van der Waals surface area contributed by atoms with E-state index in [1.165, 1.54) is 0 Å². The second-order valence-corrected chi connectivity index (χ2v) is 13.7. The molecule has 25 heavy (non-hydrogen) atoms. The van der Waals surface area contributed by atoms with Gasteiger partial charge in [-0.15, -0.1) is 0 Å². The molecule has 0 unspecified atom stereocenters. The number of hydrogen-bond donors (Lipinski definition) is 0. The molecule has 136 valence electrons. The quantitative estimate of drug-likeness (QED) is 0.272. The molecule has 3 nitrogen and oxygen atoms in total. The topological polar surface area (TPSA) is 27.7 Å². The molecule has 0 N–H and O–H groups in total. The molecule has 0 aliphatic carbocycles. The number of hydrogen-bond acceptors (Lipinski definition) is 3. The van der Waals surface area contributed by atoms with Crippen LogP contribution in [0.25, 0.3) is 0 Å². The molecule has 0 heterocycles. The Morgan fingerprint density at radius 2 is 1.68 bits per heavy atom. The predicted molar refractivity (Wildman–Crippen MR) is 109 cm³/mol. The molecular weight excluding hydrogens is 396 g/mol. The van der Waals surface area contributed by atoms with Gasteiger partial charge in [-0.05, 0) is 29.8 Å². The molecule has 0 aromatic heterocycles. The van der Waals surface area contributed by atoms with Gasteiger partial charge >= 0.3 is 0 Å². The molecule has 0 saturated heterocycles. The minimum absolute atomic E-state index is 0.315. The van der Waals surface area contributed by atoms with Crippen LogP contribution in [0.3, 0.4) is 0 Å². The summed E-state index contributed by atoms with van der Waals surface area (Å²) >= 11 is 3.51. The van der Waals surface area contributed by atoms with E-state index in [2.05, 4.69) is 47.7 Å². The summed E-state index contributed by atoms with van der Waals surface area (Å²) in [6.45, 7) is 9.12. The maximum atomic E-state index is 5.96. The van der Waals surface area contributed by atoms with Gasteiger partial charge in [0.15, 0.2) is 0 Å². The van der Waals surface area contributed by atoms with Crippen LogP contribution < -0.4 is 4.74 Å². The van der Waals surface area contributed by atoms with Gasteiger partial charge in [-0.2, -0.15) is 0 Å². The van der Waals surface area contributed by atoms with Crippen LogP contribution in [0.1, 0.15) is 11.1 Å². The largest absolute Gasteiger partial charge is 0.489 e. The maximum Gasteiger partial charge on any atom is 0.147 e. The minimum Gasteiger partial charge on any atom is -0.489 e. The second-order valence-electron chi connectivity index (χ2n) is 7.21. The molecule has 0 aliphatic heterocycles. The lowest BCUT2D eigenvalue weighted by molar-refractivity contribution is -0.0578. The van der Waals surface area contributed by atoms with Crippen LogP contribution in [0, 0.1) is 0 Å². The predicted octanol–water partition coefficient (Wildman–Crippen LogP) is 5.86. The summed E-state index contributed by atoms with van der Waals surface area (Å²) < 4.78 is 18.2. The summed E-state index contributed by atoms with van der Waals surface area (Å²) in [4.78, 5) is 0. The summed E-state index contributed by atoms with van der Waals surface area (Å²) in [5.41, 5.74) is 2.16. The first kappa shape index (κ1) is 20.2. The van der Waals surface area contributed by atoms with E-state index in [0.29, 0.717) is 20.0 Å². The third kappa shape index (κ3) is 8.18. The summed E-state index contributed by atoms with van der Waals surface area (Å²) in [7, 11) is -1.05. The summed E-state index contributed by atoms with van der Waals surface area (Å²) in [6.07, 6.45) is 0. The first-order chi connectivity index (χ1) is 11.9. The fourth-order valence-electron chi connectivity index (χ4n) is 2.18. The van der Waals surface area contributed by atoms with Crippen LogP contribution in [0.15, 0.2) is 53.0 Å². The summed E-state index contributed by atoms with van der Waals surface area (Å²) in [5, 5.41) is 0. The monoisotopic (exact) mass is 422 g/mol. The minimum atomic E-state index is -1.05. The number of halogens is 1. The third-order valence-corrected chi connectivity index (χ3v) is 5.88. The van der Waals surface area contributed by atoms with Crippen molar-refractivity contribution < 1.29 is 14.2 Å². The standard InChI is InChI=1S/C20H27BrO3Si/c1-25(2,3)12-11-22-16-23-15-18-13-19(21)9-10-20(18)24-14-17-7-5-4-6-8-17/h4-10,13H,11-12,14-16H2,1-3H3. The zero-order valence-electron chi connectivity index (χ0n) is 15.3. The zero-order chi connectivity index (χ0) is 18.1. The van der Waals surface area contributed by atoms with Crippen molar-refractivity contribution in [1.29, 1.82) is 0 Å². The van der Waals surface area contributed by atoms with Crippen molar-refractivity contribution in [3.05, 3.63) is 64.1 Å². The van der Waals surface area contributed by atoms with Crippen molar-refractivity contribution in [2.24, 2.45) is 0 Å². The fraction of sp³-hybridized carbons (Fsp3) is 0.400. The van der Waals surface area contributed by atoms with E-state index in [0.717, 1.165) is 34.0 Å². The summed E-state index contributed by atoms with van der Waals surface area (Å²) in [5.74, 6) is 0.842. The van der Waals surface area contributed by atoms with Gasteiger partial charge in [0.05, 0.1) is 6.61 Å². The van der Waals surface area contributed by atoms with Gasteiger partial charge in [0.25, 0.3) is 0 Å². The van der Waals surface area contributed by atoms with Crippen LogP contribution in [-0.2, 0) is 22.7 Å². The van der Waals surface area contributed by atoms with Gasteiger partial charge in [0.2, 0.25) is 0 Å². The first-order valence-corrected chi connectivity index (χ1v) is 13.0. The van der Waals surface area contributed by atoms with E-state index in [-0.39, 0.29) is 0 Å².